The molecule has 0 saturated carbocycles. The molecule has 0 unspecified atom stereocenters. The molecule has 29 heavy (non-hydrogen) atoms. The van der Waals surface area contributed by atoms with Crippen LogP contribution in [0.3, 0.4) is 0 Å². The fraction of sp³-hybridized carbons (Fsp3) is 0.158. The maximum Gasteiger partial charge on any atom is 0.262 e. The summed E-state index contributed by atoms with van der Waals surface area (Å²) >= 11 is 3.32. The smallest absolute Gasteiger partial charge is 0.262 e. The van der Waals surface area contributed by atoms with Crippen molar-refractivity contribution in [3.63, 3.8) is 0 Å². The molecule has 0 bridgehead atoms. The molecule has 3 rings (SSSR count). The molecule has 0 radical (unpaired) electrons. The van der Waals surface area contributed by atoms with E-state index in [0.29, 0.717) is 22.7 Å². The van der Waals surface area contributed by atoms with Crippen LogP contribution in [0.5, 0.6) is 5.75 Å². The molecule has 0 aliphatic heterocycles. The van der Waals surface area contributed by atoms with Gasteiger partial charge in [-0.1, -0.05) is 21.1 Å². The molecule has 3 aromatic rings. The Morgan fingerprint density at radius 3 is 2.38 bits per heavy atom. The van der Waals surface area contributed by atoms with Crippen molar-refractivity contribution in [1.29, 1.82) is 0 Å². The second-order valence-electron chi connectivity index (χ2n) is 6.08. The summed E-state index contributed by atoms with van der Waals surface area (Å²) in [6.07, 6.45) is 0. The summed E-state index contributed by atoms with van der Waals surface area (Å²) in [7, 11) is -3.97. The Hall–Kier alpha value is -2.85. The van der Waals surface area contributed by atoms with Crippen molar-refractivity contribution in [3.8, 4) is 5.75 Å². The van der Waals surface area contributed by atoms with E-state index in [4.69, 9.17) is 9.26 Å². The topological polar surface area (TPSA) is 113 Å². The molecule has 0 saturated heterocycles. The predicted molar refractivity (Wildman–Crippen MR) is 111 cm³/mol. The van der Waals surface area contributed by atoms with E-state index in [-0.39, 0.29) is 23.3 Å². The van der Waals surface area contributed by atoms with E-state index in [1.807, 2.05) is 0 Å². The number of aryl methyl sites for hydroxylation is 1. The molecule has 1 heterocycles. The lowest BCUT2D eigenvalue weighted by Gasteiger charge is -2.19. The number of aromatic nitrogens is 1. The average molecular weight is 479 g/mol. The van der Waals surface area contributed by atoms with Gasteiger partial charge in [-0.15, -0.1) is 0 Å². The van der Waals surface area contributed by atoms with Crippen LogP contribution in [0.1, 0.15) is 11.3 Å². The van der Waals surface area contributed by atoms with Gasteiger partial charge in [0.2, 0.25) is 0 Å². The van der Waals surface area contributed by atoms with Crippen molar-refractivity contribution in [2.45, 2.75) is 18.7 Å². The second kappa shape index (κ2) is 8.66. The van der Waals surface area contributed by atoms with Crippen LogP contribution in [0.4, 0.5) is 11.6 Å². The fourth-order valence-electron chi connectivity index (χ4n) is 2.24. The van der Waals surface area contributed by atoms with Crippen molar-refractivity contribution < 1.29 is 22.5 Å². The highest BCUT2D eigenvalue weighted by Crippen LogP contribution is 2.32. The summed E-state index contributed by atoms with van der Waals surface area (Å²) in [6, 6.07) is 12.7. The van der Waals surface area contributed by atoms with Crippen molar-refractivity contribution in [3.05, 3.63) is 69.0 Å². The number of ether oxygens (including phenoxy) is 1. The van der Waals surface area contributed by atoms with Gasteiger partial charge in [-0.25, -0.2) is 8.42 Å². The minimum atomic E-state index is -3.97. The molecule has 1 aromatic heterocycles. The molecule has 0 fully saturated rings. The number of anilines is 1. The summed E-state index contributed by atoms with van der Waals surface area (Å²) in [5, 5.41) is 6.33. The molecule has 0 aliphatic rings. The molecular formula is C19H17BrN3O5S-. The zero-order valence-electron chi connectivity index (χ0n) is 15.5. The van der Waals surface area contributed by atoms with Crippen LogP contribution in [-0.2, 0) is 14.8 Å². The molecule has 152 valence electrons. The Labute approximate surface area is 176 Å². The van der Waals surface area contributed by atoms with Gasteiger partial charge in [0.05, 0.1) is 16.5 Å². The third kappa shape index (κ3) is 5.36. The van der Waals surface area contributed by atoms with Gasteiger partial charge in [0.15, 0.2) is 6.61 Å². The lowest BCUT2D eigenvalue weighted by Crippen LogP contribution is -2.20. The van der Waals surface area contributed by atoms with E-state index in [1.54, 1.807) is 38.1 Å². The Bertz CT molecular complexity index is 1110. The van der Waals surface area contributed by atoms with Gasteiger partial charge in [-0.05, 0) is 67.9 Å². The Balaban J connectivity index is 1.59. The minimum Gasteiger partial charge on any atom is -0.539 e. The van der Waals surface area contributed by atoms with Crippen LogP contribution >= 0.6 is 15.9 Å². The maximum atomic E-state index is 12.4. The number of halogens is 1. The fourth-order valence-corrected chi connectivity index (χ4v) is 3.48. The molecule has 1 N–H and O–H groups in total. The average Bonchev–Trinajstić information content (AvgIpc) is 2.99. The maximum absolute atomic E-state index is 12.4. The van der Waals surface area contributed by atoms with E-state index >= 15 is 0 Å². The molecule has 8 nitrogen and oxygen atoms in total. The molecule has 10 heteroatoms. The normalized spacial score (nSPS) is 11.1. The van der Waals surface area contributed by atoms with Gasteiger partial charge >= 0.3 is 0 Å². The third-order valence-corrected chi connectivity index (χ3v) is 5.76. The van der Waals surface area contributed by atoms with E-state index < -0.39 is 10.0 Å². The number of hydrogen-bond acceptors (Lipinski definition) is 6. The number of amides is 1. The van der Waals surface area contributed by atoms with Crippen molar-refractivity contribution in [2.75, 3.05) is 11.9 Å². The first-order chi connectivity index (χ1) is 13.7. The first-order valence-corrected chi connectivity index (χ1v) is 10.7. The molecule has 2 aromatic carbocycles. The largest absolute Gasteiger partial charge is 0.539 e. The van der Waals surface area contributed by atoms with Gasteiger partial charge in [-0.3, -0.25) is 4.79 Å². The standard InChI is InChI=1S/C19H18BrN3O5S/c1-12-13(2)22-28-19(12)23-29(25,26)17-9-5-15(6-10-17)21-18(24)11-27-16-7-3-14(20)4-8-16/h3-10H,11H2,1-2H3,(H2,21,22,23,24)/p-1. The van der Waals surface area contributed by atoms with Gasteiger partial charge in [-0.2, -0.15) is 0 Å². The first kappa shape index (κ1) is 20.9. The quantitative estimate of drug-likeness (QED) is 0.535. The number of sulfonamides is 1. The lowest BCUT2D eigenvalue weighted by atomic mass is 10.3. The zero-order valence-corrected chi connectivity index (χ0v) is 18.0. The Morgan fingerprint density at radius 2 is 1.79 bits per heavy atom. The number of hydrogen-bond donors (Lipinski definition) is 1. The first-order valence-electron chi connectivity index (χ1n) is 8.44. The van der Waals surface area contributed by atoms with Crippen LogP contribution in [0.2, 0.25) is 0 Å². The summed E-state index contributed by atoms with van der Waals surface area (Å²) in [4.78, 5) is 12.0. The summed E-state index contributed by atoms with van der Waals surface area (Å²) in [6.45, 7) is 3.19. The number of carbonyl (C=O) groups is 1. The van der Waals surface area contributed by atoms with E-state index in [2.05, 4.69) is 31.1 Å². The van der Waals surface area contributed by atoms with E-state index in [0.717, 1.165) is 4.47 Å². The van der Waals surface area contributed by atoms with Gasteiger partial charge in [0.1, 0.15) is 15.8 Å². The highest BCUT2D eigenvalue weighted by molar-refractivity contribution is 9.10. The lowest BCUT2D eigenvalue weighted by molar-refractivity contribution is -0.118. The van der Waals surface area contributed by atoms with Crippen LogP contribution in [0.25, 0.3) is 4.72 Å². The van der Waals surface area contributed by atoms with Crippen LogP contribution < -0.4 is 10.1 Å². The van der Waals surface area contributed by atoms with Crippen molar-refractivity contribution in [2.24, 2.45) is 0 Å². The van der Waals surface area contributed by atoms with Gasteiger partial charge in [0.25, 0.3) is 5.91 Å². The number of carbonyl (C=O) groups excluding carboxylic acids is 1. The highest BCUT2D eigenvalue weighted by Gasteiger charge is 2.10. The monoisotopic (exact) mass is 478 g/mol. The Morgan fingerprint density at radius 1 is 1.14 bits per heavy atom. The molecular weight excluding hydrogens is 462 g/mol. The van der Waals surface area contributed by atoms with Crippen molar-refractivity contribution in [1.82, 2.24) is 5.16 Å². The number of benzene rings is 2. The highest BCUT2D eigenvalue weighted by atomic mass is 79.9. The Kier molecular flexibility index (Phi) is 6.23. The third-order valence-electron chi connectivity index (χ3n) is 3.96. The number of nitrogens with zero attached hydrogens (tertiary/aromatic N) is 2. The molecule has 0 spiro atoms. The molecule has 0 aliphatic carbocycles. The van der Waals surface area contributed by atoms with Crippen LogP contribution in [0, 0.1) is 13.8 Å². The number of rotatable bonds is 7. The summed E-state index contributed by atoms with van der Waals surface area (Å²) in [5.41, 5.74) is 1.56. The SMILES string of the molecule is Cc1noc([N-]S(=O)(=O)c2ccc(NC(=O)COc3ccc(Br)cc3)cc2)c1C. The van der Waals surface area contributed by atoms with Crippen LogP contribution in [0.15, 0.2) is 62.4 Å². The van der Waals surface area contributed by atoms with E-state index in [9.17, 15) is 13.2 Å². The zero-order chi connectivity index (χ0) is 21.0. The van der Waals surface area contributed by atoms with Crippen LogP contribution in [-0.4, -0.2) is 26.1 Å². The van der Waals surface area contributed by atoms with Gasteiger partial charge in [0, 0.05) is 10.2 Å². The minimum absolute atomic E-state index is 0.0323. The molecule has 0 atom stereocenters. The van der Waals surface area contributed by atoms with Gasteiger partial charge < -0.3 is 19.3 Å². The predicted octanol–water partition coefficient (Wildman–Crippen LogP) is 4.47. The van der Waals surface area contributed by atoms with E-state index in [1.165, 1.54) is 24.3 Å². The summed E-state index contributed by atoms with van der Waals surface area (Å²) < 4.78 is 39.7. The van der Waals surface area contributed by atoms with Crippen molar-refractivity contribution >= 4 is 43.4 Å². The number of nitrogens with one attached hydrogen (secondary N) is 1. The summed E-state index contributed by atoms with van der Waals surface area (Å²) in [5.74, 6) is 0.135. The second-order valence-corrected chi connectivity index (χ2v) is 8.60. The molecule has 1 amide bonds.